The molecule has 1 aliphatic rings. The zero-order chi connectivity index (χ0) is 29.0. The van der Waals surface area contributed by atoms with Gasteiger partial charge >= 0.3 is 0 Å². The van der Waals surface area contributed by atoms with Crippen molar-refractivity contribution in [1.82, 2.24) is 0 Å². The second-order valence-corrected chi connectivity index (χ2v) is 11.2. The van der Waals surface area contributed by atoms with Crippen molar-refractivity contribution in [2.24, 2.45) is 11.1 Å². The van der Waals surface area contributed by atoms with Crippen LogP contribution in [0.5, 0.6) is 5.75 Å². The normalized spacial score (nSPS) is 16.7. The first kappa shape index (κ1) is 29.2. The summed E-state index contributed by atoms with van der Waals surface area (Å²) in [4.78, 5) is 42.7. The van der Waals surface area contributed by atoms with Crippen LogP contribution in [0.3, 0.4) is 0 Å². The molecule has 3 aromatic carbocycles. The fourth-order valence-corrected chi connectivity index (χ4v) is 5.14. The fraction of sp³-hybridized carbons (Fsp3) is 0.344. The minimum Gasteiger partial charge on any atom is -0.494 e. The van der Waals surface area contributed by atoms with Gasteiger partial charge in [-0.2, -0.15) is 0 Å². The molecule has 0 aromatic heterocycles. The summed E-state index contributed by atoms with van der Waals surface area (Å²) < 4.78 is 5.78. The highest BCUT2D eigenvalue weighted by Crippen LogP contribution is 2.41. The maximum Gasteiger partial charge on any atom is 0.258 e. The number of nitrogens with two attached hydrogens (primary N) is 1. The van der Waals surface area contributed by atoms with E-state index < -0.39 is 5.41 Å². The Morgan fingerprint density at radius 3 is 2.30 bits per heavy atom. The number of carbonyl (C=O) groups is 3. The molecule has 2 N–H and O–H groups in total. The van der Waals surface area contributed by atoms with Crippen molar-refractivity contribution >= 4 is 40.7 Å². The monoisotopic (exact) mass is 561 g/mol. The average Bonchev–Trinajstić information content (AvgIpc) is 2.94. The predicted octanol–water partition coefficient (Wildman–Crippen LogP) is 6.20. The first-order valence-electron chi connectivity index (χ1n) is 13.6. The summed E-state index contributed by atoms with van der Waals surface area (Å²) in [6.07, 6.45) is 0.987. The number of amides is 3. The van der Waals surface area contributed by atoms with Crippen molar-refractivity contribution in [1.29, 1.82) is 0 Å². The molecule has 210 valence electrons. The smallest absolute Gasteiger partial charge is 0.258 e. The van der Waals surface area contributed by atoms with E-state index in [9.17, 15) is 14.4 Å². The number of nitrogens with zero attached hydrogens (tertiary/aromatic N) is 2. The number of hydrogen-bond acceptors (Lipinski definition) is 4. The third kappa shape index (κ3) is 6.15. The fourth-order valence-electron chi connectivity index (χ4n) is 5.01. The van der Waals surface area contributed by atoms with Gasteiger partial charge in [0.25, 0.3) is 5.91 Å². The van der Waals surface area contributed by atoms with Gasteiger partial charge in [0.2, 0.25) is 11.8 Å². The summed E-state index contributed by atoms with van der Waals surface area (Å²) >= 11 is 6.06. The Balaban J connectivity index is 1.53. The molecule has 3 aromatic rings. The molecule has 0 saturated carbocycles. The van der Waals surface area contributed by atoms with Crippen molar-refractivity contribution < 1.29 is 19.1 Å². The Kier molecular flexibility index (Phi) is 8.84. The highest BCUT2D eigenvalue weighted by molar-refractivity contribution is 6.30. The lowest BCUT2D eigenvalue weighted by Gasteiger charge is -2.40. The summed E-state index contributed by atoms with van der Waals surface area (Å²) in [7, 11) is 0. The quantitative estimate of drug-likeness (QED) is 0.337. The van der Waals surface area contributed by atoms with E-state index in [0.717, 1.165) is 16.9 Å². The SMILES string of the molecule is CCN(C(=O)[C@@H]1C[C@@H](C)N(C(=O)c2ccc(OCCC(C)(C)C(N)=O)cc2)c2ccccc21)c1ccc(Cl)cc1. The molecule has 0 unspecified atom stereocenters. The second kappa shape index (κ2) is 12.1. The zero-order valence-corrected chi connectivity index (χ0v) is 24.1. The molecular formula is C32H36ClN3O4. The minimum absolute atomic E-state index is 0.00256. The number of hydrogen-bond donors (Lipinski definition) is 1. The average molecular weight is 562 g/mol. The summed E-state index contributed by atoms with van der Waals surface area (Å²) in [5.41, 5.74) is 7.67. The molecule has 3 amide bonds. The molecule has 7 nitrogen and oxygen atoms in total. The molecule has 0 spiro atoms. The summed E-state index contributed by atoms with van der Waals surface area (Å²) in [5, 5.41) is 0.615. The zero-order valence-electron chi connectivity index (χ0n) is 23.4. The van der Waals surface area contributed by atoms with Crippen molar-refractivity contribution in [3.8, 4) is 5.75 Å². The molecule has 0 saturated heterocycles. The molecule has 1 heterocycles. The van der Waals surface area contributed by atoms with Crippen LogP contribution in [-0.4, -0.2) is 36.9 Å². The van der Waals surface area contributed by atoms with Gasteiger partial charge in [0.05, 0.1) is 12.5 Å². The van der Waals surface area contributed by atoms with Crippen LogP contribution in [0, 0.1) is 5.41 Å². The Bertz CT molecular complexity index is 1370. The van der Waals surface area contributed by atoms with Crippen molar-refractivity contribution in [2.75, 3.05) is 23.0 Å². The molecule has 0 radical (unpaired) electrons. The van der Waals surface area contributed by atoms with E-state index >= 15 is 0 Å². The lowest BCUT2D eigenvalue weighted by atomic mass is 9.84. The standard InChI is InChI=1S/C32H36ClN3O4/c1-5-35(24-14-12-23(33)13-15-24)30(38)27-20-21(2)36(28-9-7-6-8-26(27)28)29(37)22-10-16-25(17-11-22)40-19-18-32(3,4)31(34)39/h6-17,21,27H,5,18-20H2,1-4H3,(H2,34,39)/t21-,27-/m1/s1. The summed E-state index contributed by atoms with van der Waals surface area (Å²) in [5.74, 6) is -0.290. The van der Waals surface area contributed by atoms with Crippen molar-refractivity contribution in [3.05, 3.63) is 88.9 Å². The van der Waals surface area contributed by atoms with Gasteiger partial charge in [0.15, 0.2) is 0 Å². The van der Waals surface area contributed by atoms with Crippen LogP contribution in [0.25, 0.3) is 0 Å². The van der Waals surface area contributed by atoms with E-state index in [0.29, 0.717) is 42.3 Å². The van der Waals surface area contributed by atoms with E-state index in [4.69, 9.17) is 22.1 Å². The van der Waals surface area contributed by atoms with Gasteiger partial charge in [0, 0.05) is 40.0 Å². The maximum atomic E-state index is 13.8. The molecule has 8 heteroatoms. The Labute approximate surface area is 240 Å². The number of rotatable bonds is 9. The third-order valence-electron chi connectivity index (χ3n) is 7.59. The lowest BCUT2D eigenvalue weighted by Crippen LogP contribution is -2.46. The number of carbonyl (C=O) groups excluding carboxylic acids is 3. The number of benzene rings is 3. The van der Waals surface area contributed by atoms with E-state index in [1.165, 1.54) is 0 Å². The third-order valence-corrected chi connectivity index (χ3v) is 7.84. The number of fused-ring (bicyclic) bond motifs is 1. The van der Waals surface area contributed by atoms with E-state index in [2.05, 4.69) is 0 Å². The van der Waals surface area contributed by atoms with Crippen LogP contribution in [0.1, 0.15) is 62.4 Å². The van der Waals surface area contributed by atoms with Gasteiger partial charge in [-0.1, -0.05) is 43.6 Å². The molecule has 0 aliphatic carbocycles. The first-order chi connectivity index (χ1) is 19.0. The van der Waals surface area contributed by atoms with Crippen LogP contribution in [-0.2, 0) is 9.59 Å². The van der Waals surface area contributed by atoms with Gasteiger partial charge in [0.1, 0.15) is 5.75 Å². The van der Waals surface area contributed by atoms with Gasteiger partial charge in [-0.05, 0) is 86.8 Å². The molecule has 1 aliphatic heterocycles. The first-order valence-corrected chi connectivity index (χ1v) is 13.9. The number of halogens is 1. The van der Waals surface area contributed by atoms with Gasteiger partial charge in [-0.3, -0.25) is 14.4 Å². The largest absolute Gasteiger partial charge is 0.494 e. The number of anilines is 2. The number of ether oxygens (including phenoxy) is 1. The van der Waals surface area contributed by atoms with Crippen molar-refractivity contribution in [3.63, 3.8) is 0 Å². The van der Waals surface area contributed by atoms with Gasteiger partial charge in [-0.25, -0.2) is 0 Å². The minimum atomic E-state index is -0.657. The Hall–Kier alpha value is -3.84. The number of primary amides is 1. The van der Waals surface area contributed by atoms with Gasteiger partial charge < -0.3 is 20.3 Å². The molecule has 2 atom stereocenters. The predicted molar refractivity (Wildman–Crippen MR) is 159 cm³/mol. The second-order valence-electron chi connectivity index (χ2n) is 10.8. The van der Waals surface area contributed by atoms with Crippen LogP contribution >= 0.6 is 11.6 Å². The van der Waals surface area contributed by atoms with Gasteiger partial charge in [-0.15, -0.1) is 0 Å². The molecule has 4 rings (SSSR count). The highest BCUT2D eigenvalue weighted by atomic mass is 35.5. The highest BCUT2D eigenvalue weighted by Gasteiger charge is 2.38. The lowest BCUT2D eigenvalue weighted by molar-refractivity contribution is -0.126. The summed E-state index contributed by atoms with van der Waals surface area (Å²) in [6.45, 7) is 8.35. The number of para-hydroxylation sites is 1. The van der Waals surface area contributed by atoms with Crippen LogP contribution in [0.4, 0.5) is 11.4 Å². The molecule has 0 bridgehead atoms. The van der Waals surface area contributed by atoms with E-state index in [-0.39, 0.29) is 29.7 Å². The van der Waals surface area contributed by atoms with E-state index in [1.54, 1.807) is 60.0 Å². The summed E-state index contributed by atoms with van der Waals surface area (Å²) in [6, 6.07) is 21.7. The molecule has 40 heavy (non-hydrogen) atoms. The topological polar surface area (TPSA) is 92.9 Å². The molecular weight excluding hydrogens is 526 g/mol. The number of likely N-dealkylation sites (N-methyl/N-ethyl adjacent to an activating group) is 1. The van der Waals surface area contributed by atoms with Crippen LogP contribution in [0.15, 0.2) is 72.8 Å². The van der Waals surface area contributed by atoms with Crippen LogP contribution < -0.4 is 20.3 Å². The van der Waals surface area contributed by atoms with Crippen molar-refractivity contribution in [2.45, 2.75) is 52.5 Å². The van der Waals surface area contributed by atoms with Crippen LogP contribution in [0.2, 0.25) is 5.02 Å². The Morgan fingerprint density at radius 1 is 1.02 bits per heavy atom. The Morgan fingerprint density at radius 2 is 1.68 bits per heavy atom. The van der Waals surface area contributed by atoms with E-state index in [1.807, 2.05) is 50.2 Å². The maximum absolute atomic E-state index is 13.8. The molecule has 0 fully saturated rings.